The normalized spacial score (nSPS) is 10.9. The first kappa shape index (κ1) is 10.1. The number of aromatic nitrogens is 2. The minimum Gasteiger partial charge on any atom is -0.240 e. The molecule has 0 saturated carbocycles. The Morgan fingerprint density at radius 3 is 2.35 bits per heavy atom. The summed E-state index contributed by atoms with van der Waals surface area (Å²) in [6.07, 6.45) is 2.07. The molecule has 2 aromatic carbocycles. The van der Waals surface area contributed by atoms with E-state index in [1.165, 1.54) is 16.5 Å². The number of hydrogen-bond donors (Lipinski definition) is 0. The van der Waals surface area contributed by atoms with Crippen molar-refractivity contribution in [1.82, 2.24) is 9.78 Å². The lowest BCUT2D eigenvalue weighted by atomic mass is 10.2. The van der Waals surface area contributed by atoms with E-state index in [1.807, 2.05) is 4.68 Å². The van der Waals surface area contributed by atoms with Crippen molar-refractivity contribution in [1.29, 1.82) is 0 Å². The molecule has 0 bridgehead atoms. The molecule has 0 N–H and O–H groups in total. The van der Waals surface area contributed by atoms with Crippen molar-refractivity contribution in [3.05, 3.63) is 59.8 Å². The van der Waals surface area contributed by atoms with E-state index in [4.69, 9.17) is 0 Å². The molecular formula is C15H14N2. The second kappa shape index (κ2) is 3.74. The van der Waals surface area contributed by atoms with E-state index in [1.54, 1.807) is 0 Å². The lowest BCUT2D eigenvalue weighted by Gasteiger charge is -2.00. The summed E-state index contributed by atoms with van der Waals surface area (Å²) in [4.78, 5) is 0. The van der Waals surface area contributed by atoms with Crippen molar-refractivity contribution in [2.45, 2.75) is 13.8 Å². The monoisotopic (exact) mass is 222 g/mol. The minimum atomic E-state index is 1.05. The maximum absolute atomic E-state index is 4.59. The van der Waals surface area contributed by atoms with Gasteiger partial charge in [0, 0.05) is 11.6 Å². The molecule has 0 aliphatic carbocycles. The summed E-state index contributed by atoms with van der Waals surface area (Å²) < 4.78 is 1.93. The Morgan fingerprint density at radius 1 is 0.882 bits per heavy atom. The highest BCUT2D eigenvalue weighted by atomic mass is 15.3. The summed E-state index contributed by atoms with van der Waals surface area (Å²) >= 11 is 0. The number of nitrogens with zero attached hydrogens (tertiary/aromatic N) is 2. The summed E-state index contributed by atoms with van der Waals surface area (Å²) in [5.41, 5.74) is 4.66. The zero-order valence-corrected chi connectivity index (χ0v) is 10.0. The Labute approximate surface area is 101 Å². The molecule has 0 radical (unpaired) electrons. The molecule has 3 aromatic rings. The van der Waals surface area contributed by atoms with Crippen molar-refractivity contribution < 1.29 is 0 Å². The summed E-state index contributed by atoms with van der Waals surface area (Å²) in [5.74, 6) is 0. The number of rotatable bonds is 1. The van der Waals surface area contributed by atoms with Crippen LogP contribution < -0.4 is 0 Å². The van der Waals surface area contributed by atoms with E-state index < -0.39 is 0 Å². The molecule has 17 heavy (non-hydrogen) atoms. The fourth-order valence-electron chi connectivity index (χ4n) is 1.96. The van der Waals surface area contributed by atoms with Gasteiger partial charge in [0.2, 0.25) is 0 Å². The quantitative estimate of drug-likeness (QED) is 0.614. The van der Waals surface area contributed by atoms with Gasteiger partial charge in [-0.15, -0.1) is 0 Å². The first-order valence-electron chi connectivity index (χ1n) is 5.75. The summed E-state index contributed by atoms with van der Waals surface area (Å²) in [5, 5.41) is 5.77. The Balaban J connectivity index is 2.14. The van der Waals surface area contributed by atoms with Crippen molar-refractivity contribution in [3.8, 4) is 5.69 Å². The van der Waals surface area contributed by atoms with Crippen LogP contribution >= 0.6 is 0 Å². The SMILES string of the molecule is Cc1ccc(-n2cc3ccc(C)cc3n2)cc1. The highest BCUT2D eigenvalue weighted by molar-refractivity contribution is 5.79. The number of benzene rings is 2. The summed E-state index contributed by atoms with van der Waals surface area (Å²) in [7, 11) is 0. The number of aryl methyl sites for hydroxylation is 2. The van der Waals surface area contributed by atoms with Crippen LogP contribution in [0.1, 0.15) is 11.1 Å². The predicted molar refractivity (Wildman–Crippen MR) is 70.5 cm³/mol. The van der Waals surface area contributed by atoms with E-state index in [2.05, 4.69) is 67.6 Å². The second-order valence-corrected chi connectivity index (χ2v) is 4.47. The van der Waals surface area contributed by atoms with E-state index in [-0.39, 0.29) is 0 Å². The fourth-order valence-corrected chi connectivity index (χ4v) is 1.96. The standard InChI is InChI=1S/C15H14N2/c1-11-4-7-14(8-5-11)17-10-13-6-3-12(2)9-15(13)16-17/h3-10H,1-2H3. The molecule has 0 fully saturated rings. The van der Waals surface area contributed by atoms with Gasteiger partial charge in [-0.05, 0) is 37.6 Å². The molecule has 0 spiro atoms. The summed E-state index contributed by atoms with van der Waals surface area (Å²) in [6.45, 7) is 4.18. The zero-order chi connectivity index (χ0) is 11.8. The van der Waals surface area contributed by atoms with Gasteiger partial charge in [-0.25, -0.2) is 4.68 Å². The zero-order valence-electron chi connectivity index (χ0n) is 10.0. The van der Waals surface area contributed by atoms with Crippen LogP contribution in [-0.4, -0.2) is 9.78 Å². The molecule has 2 heteroatoms. The van der Waals surface area contributed by atoms with Crippen molar-refractivity contribution in [3.63, 3.8) is 0 Å². The van der Waals surface area contributed by atoms with Gasteiger partial charge >= 0.3 is 0 Å². The average molecular weight is 222 g/mol. The van der Waals surface area contributed by atoms with Gasteiger partial charge < -0.3 is 0 Å². The lowest BCUT2D eigenvalue weighted by molar-refractivity contribution is 0.895. The van der Waals surface area contributed by atoms with Gasteiger partial charge in [0.05, 0.1) is 11.2 Å². The largest absolute Gasteiger partial charge is 0.240 e. The topological polar surface area (TPSA) is 17.8 Å². The van der Waals surface area contributed by atoms with E-state index in [0.29, 0.717) is 0 Å². The Bertz CT molecular complexity index is 663. The molecule has 1 aromatic heterocycles. The molecule has 0 aliphatic rings. The Kier molecular flexibility index (Phi) is 2.22. The third-order valence-electron chi connectivity index (χ3n) is 2.96. The summed E-state index contributed by atoms with van der Waals surface area (Å²) in [6, 6.07) is 14.7. The maximum Gasteiger partial charge on any atom is 0.0930 e. The molecule has 0 aliphatic heterocycles. The predicted octanol–water partition coefficient (Wildman–Crippen LogP) is 3.64. The van der Waals surface area contributed by atoms with Crippen LogP contribution in [0.3, 0.4) is 0 Å². The molecular weight excluding hydrogens is 208 g/mol. The van der Waals surface area contributed by atoms with E-state index in [9.17, 15) is 0 Å². The molecule has 0 atom stereocenters. The molecule has 0 saturated heterocycles. The van der Waals surface area contributed by atoms with Gasteiger partial charge in [-0.1, -0.05) is 29.8 Å². The second-order valence-electron chi connectivity index (χ2n) is 4.47. The van der Waals surface area contributed by atoms with Crippen molar-refractivity contribution in [2.24, 2.45) is 0 Å². The minimum absolute atomic E-state index is 1.05. The van der Waals surface area contributed by atoms with E-state index in [0.717, 1.165) is 11.2 Å². The first-order valence-corrected chi connectivity index (χ1v) is 5.75. The molecule has 3 rings (SSSR count). The van der Waals surface area contributed by atoms with Crippen LogP contribution in [0.5, 0.6) is 0 Å². The van der Waals surface area contributed by atoms with Crippen molar-refractivity contribution in [2.75, 3.05) is 0 Å². The number of fused-ring (bicyclic) bond motifs is 1. The van der Waals surface area contributed by atoms with Gasteiger partial charge in [0.1, 0.15) is 0 Å². The third kappa shape index (κ3) is 1.82. The molecule has 0 amide bonds. The maximum atomic E-state index is 4.59. The van der Waals surface area contributed by atoms with Crippen molar-refractivity contribution >= 4 is 10.9 Å². The van der Waals surface area contributed by atoms with Gasteiger partial charge in [0.25, 0.3) is 0 Å². The Hall–Kier alpha value is -2.09. The fraction of sp³-hybridized carbons (Fsp3) is 0.133. The highest BCUT2D eigenvalue weighted by Gasteiger charge is 2.02. The van der Waals surface area contributed by atoms with E-state index >= 15 is 0 Å². The molecule has 0 unspecified atom stereocenters. The highest BCUT2D eigenvalue weighted by Crippen LogP contribution is 2.17. The van der Waals surface area contributed by atoms with Crippen LogP contribution in [0.2, 0.25) is 0 Å². The molecule has 2 nitrogen and oxygen atoms in total. The third-order valence-corrected chi connectivity index (χ3v) is 2.96. The Morgan fingerprint density at radius 2 is 1.59 bits per heavy atom. The van der Waals surface area contributed by atoms with Gasteiger partial charge in [0.15, 0.2) is 0 Å². The van der Waals surface area contributed by atoms with Crippen LogP contribution in [0, 0.1) is 13.8 Å². The molecule has 84 valence electrons. The molecule has 1 heterocycles. The lowest BCUT2D eigenvalue weighted by Crippen LogP contribution is -1.93. The van der Waals surface area contributed by atoms with Crippen LogP contribution in [0.4, 0.5) is 0 Å². The average Bonchev–Trinajstić information content (AvgIpc) is 2.72. The van der Waals surface area contributed by atoms with Crippen LogP contribution in [0.15, 0.2) is 48.7 Å². The van der Waals surface area contributed by atoms with Gasteiger partial charge in [-0.2, -0.15) is 5.10 Å². The van der Waals surface area contributed by atoms with Gasteiger partial charge in [-0.3, -0.25) is 0 Å². The van der Waals surface area contributed by atoms with Crippen LogP contribution in [0.25, 0.3) is 16.6 Å². The van der Waals surface area contributed by atoms with Crippen LogP contribution in [-0.2, 0) is 0 Å². The number of hydrogen-bond acceptors (Lipinski definition) is 1. The smallest absolute Gasteiger partial charge is 0.0930 e. The first-order chi connectivity index (χ1) is 8.22.